The zero-order chi connectivity index (χ0) is 31.7. The van der Waals surface area contributed by atoms with Gasteiger partial charge in [-0.25, -0.2) is 4.79 Å². The highest BCUT2D eigenvalue weighted by Gasteiger charge is 2.31. The van der Waals surface area contributed by atoms with Crippen molar-refractivity contribution in [2.75, 3.05) is 18.4 Å². The molecular formula is C30H48N5O6P. The number of carbonyl (C=O) groups excluding carboxylic acids is 5. The van der Waals surface area contributed by atoms with Crippen molar-refractivity contribution in [3.63, 3.8) is 0 Å². The first-order valence-corrected chi connectivity index (χ1v) is 14.9. The van der Waals surface area contributed by atoms with Crippen molar-refractivity contribution in [2.24, 2.45) is 29.2 Å². The van der Waals surface area contributed by atoms with Crippen molar-refractivity contribution in [3.05, 3.63) is 41.9 Å². The SMILES string of the molecule is C=C(P)OCc1ccc(NC(=O)[C@H](CCCNC(N)=O)CC(=O)[C@@H](NC(=O)[C@H](CCCCN)CC(C)=O)C(C)C)cc1. The maximum absolute atomic E-state index is 13.5. The number of anilines is 1. The summed E-state index contributed by atoms with van der Waals surface area (Å²) in [6.07, 6.45) is 2.64. The zero-order valence-corrected chi connectivity index (χ0v) is 26.2. The molecule has 4 atom stereocenters. The Morgan fingerprint density at radius 2 is 1.57 bits per heavy atom. The number of ether oxygens (including phenoxy) is 1. The van der Waals surface area contributed by atoms with Gasteiger partial charge in [0, 0.05) is 36.9 Å². The molecule has 234 valence electrons. The number of benzene rings is 1. The van der Waals surface area contributed by atoms with Crippen molar-refractivity contribution in [2.45, 2.75) is 78.4 Å². The summed E-state index contributed by atoms with van der Waals surface area (Å²) < 4.78 is 5.38. The summed E-state index contributed by atoms with van der Waals surface area (Å²) in [4.78, 5) is 62.9. The number of hydrogen-bond acceptors (Lipinski definition) is 7. The molecule has 0 spiro atoms. The van der Waals surface area contributed by atoms with Crippen LogP contribution in [-0.2, 0) is 30.5 Å². The van der Waals surface area contributed by atoms with Gasteiger partial charge in [-0.1, -0.05) is 48.2 Å². The van der Waals surface area contributed by atoms with E-state index in [1.807, 2.05) is 26.0 Å². The van der Waals surface area contributed by atoms with Crippen LogP contribution in [0.3, 0.4) is 0 Å². The minimum absolute atomic E-state index is 0.0877. The molecule has 0 aliphatic rings. The maximum atomic E-state index is 13.5. The molecule has 12 heteroatoms. The first-order chi connectivity index (χ1) is 19.8. The molecule has 42 heavy (non-hydrogen) atoms. The Kier molecular flexibility index (Phi) is 17.3. The highest BCUT2D eigenvalue weighted by molar-refractivity contribution is 7.21. The summed E-state index contributed by atoms with van der Waals surface area (Å²) in [6, 6.07) is 5.62. The van der Waals surface area contributed by atoms with Crippen LogP contribution < -0.4 is 27.4 Å². The van der Waals surface area contributed by atoms with Crippen LogP contribution in [0.4, 0.5) is 10.5 Å². The molecule has 1 unspecified atom stereocenters. The highest BCUT2D eigenvalue weighted by atomic mass is 31.0. The van der Waals surface area contributed by atoms with Crippen LogP contribution in [0, 0.1) is 17.8 Å². The largest absolute Gasteiger partial charge is 0.490 e. The average Bonchev–Trinajstić information content (AvgIpc) is 2.91. The Morgan fingerprint density at radius 3 is 2.12 bits per heavy atom. The number of carbonyl (C=O) groups is 5. The lowest BCUT2D eigenvalue weighted by Crippen LogP contribution is -2.48. The molecule has 0 saturated carbocycles. The van der Waals surface area contributed by atoms with E-state index >= 15 is 0 Å². The maximum Gasteiger partial charge on any atom is 0.312 e. The van der Waals surface area contributed by atoms with Crippen molar-refractivity contribution >= 4 is 44.3 Å². The Balaban J connectivity index is 3.01. The van der Waals surface area contributed by atoms with Gasteiger partial charge in [0.15, 0.2) is 5.78 Å². The number of ketones is 2. The Labute approximate surface area is 251 Å². The average molecular weight is 606 g/mol. The van der Waals surface area contributed by atoms with Crippen LogP contribution in [-0.4, -0.2) is 48.5 Å². The fourth-order valence-electron chi connectivity index (χ4n) is 4.46. The van der Waals surface area contributed by atoms with E-state index in [0.717, 1.165) is 12.0 Å². The number of urea groups is 1. The number of rotatable bonds is 21. The van der Waals surface area contributed by atoms with E-state index in [1.54, 1.807) is 12.1 Å². The zero-order valence-electron chi connectivity index (χ0n) is 25.1. The Morgan fingerprint density at radius 1 is 0.952 bits per heavy atom. The lowest BCUT2D eigenvalue weighted by atomic mass is 9.88. The molecule has 0 saturated heterocycles. The Hall–Kier alpha value is -3.30. The molecule has 7 N–H and O–H groups in total. The summed E-state index contributed by atoms with van der Waals surface area (Å²) in [5.41, 5.74) is 12.7. The molecule has 0 heterocycles. The van der Waals surface area contributed by atoms with Gasteiger partial charge in [-0.15, -0.1) is 0 Å². The molecular weight excluding hydrogens is 557 g/mol. The Bertz CT molecular complexity index is 1060. The topological polar surface area (TPSA) is 183 Å². The monoisotopic (exact) mass is 605 g/mol. The molecule has 0 radical (unpaired) electrons. The van der Waals surface area contributed by atoms with Gasteiger partial charge >= 0.3 is 6.03 Å². The second-order valence-electron chi connectivity index (χ2n) is 10.9. The minimum Gasteiger partial charge on any atom is -0.490 e. The molecule has 1 rings (SSSR count). The van der Waals surface area contributed by atoms with Crippen molar-refractivity contribution in [1.82, 2.24) is 10.6 Å². The van der Waals surface area contributed by atoms with Gasteiger partial charge in [0.2, 0.25) is 11.8 Å². The first-order valence-electron chi connectivity index (χ1n) is 14.4. The van der Waals surface area contributed by atoms with E-state index in [4.69, 9.17) is 16.2 Å². The summed E-state index contributed by atoms with van der Waals surface area (Å²) >= 11 is 0. The predicted octanol–water partition coefficient (Wildman–Crippen LogP) is 3.38. The third kappa shape index (κ3) is 15.1. The molecule has 0 aromatic heterocycles. The fraction of sp³-hybridized carbons (Fsp3) is 0.567. The molecule has 1 aromatic rings. The van der Waals surface area contributed by atoms with Gasteiger partial charge in [-0.05, 0) is 62.8 Å². The van der Waals surface area contributed by atoms with Gasteiger partial charge in [0.1, 0.15) is 17.9 Å². The van der Waals surface area contributed by atoms with Crippen molar-refractivity contribution in [3.8, 4) is 0 Å². The van der Waals surface area contributed by atoms with Crippen LogP contribution in [0.5, 0.6) is 0 Å². The molecule has 0 aliphatic carbocycles. The van der Waals surface area contributed by atoms with E-state index in [9.17, 15) is 24.0 Å². The number of primary amides is 1. The smallest absolute Gasteiger partial charge is 0.312 e. The molecule has 4 amide bonds. The summed E-state index contributed by atoms with van der Waals surface area (Å²) in [7, 11) is 2.37. The van der Waals surface area contributed by atoms with Gasteiger partial charge < -0.3 is 36.9 Å². The normalized spacial score (nSPS) is 13.0. The van der Waals surface area contributed by atoms with Crippen molar-refractivity contribution < 1.29 is 28.7 Å². The van der Waals surface area contributed by atoms with Crippen LogP contribution >= 0.6 is 9.24 Å². The summed E-state index contributed by atoms with van der Waals surface area (Å²) in [5.74, 6) is -2.60. The number of Topliss-reactive ketones (excluding diaryl/α,β-unsaturated/α-hetero) is 2. The number of nitrogens with two attached hydrogens (primary N) is 2. The minimum atomic E-state index is -0.828. The van der Waals surface area contributed by atoms with E-state index in [1.165, 1.54) is 6.92 Å². The second-order valence-corrected chi connectivity index (χ2v) is 11.5. The third-order valence-corrected chi connectivity index (χ3v) is 6.88. The molecule has 11 nitrogen and oxygen atoms in total. The van der Waals surface area contributed by atoms with Crippen LogP contribution in [0.25, 0.3) is 0 Å². The van der Waals surface area contributed by atoms with E-state index in [0.29, 0.717) is 50.0 Å². The molecule has 0 aliphatic heterocycles. The van der Waals surface area contributed by atoms with E-state index in [2.05, 4.69) is 31.8 Å². The quantitative estimate of drug-likeness (QED) is 0.0808. The lowest BCUT2D eigenvalue weighted by molar-refractivity contribution is -0.134. The summed E-state index contributed by atoms with van der Waals surface area (Å²) in [5, 5.41) is 8.22. The van der Waals surface area contributed by atoms with Crippen molar-refractivity contribution in [1.29, 1.82) is 0 Å². The standard InChI is InChI=1S/C30H48N5O6P/c1-19(2)27(35-29(39)23(16-20(3)36)8-5-6-14-31)26(37)17-24(9-7-15-33-30(32)40)28(38)34-25-12-10-22(11-13-25)18-41-21(4)42/h10-13,19,23-24,27H,4-9,14-18,31,42H2,1-3H3,(H,34,38)(H,35,39)(H3,32,33,40)/t23-,24-,27+/m1/s1. The molecule has 0 bridgehead atoms. The molecule has 0 fully saturated rings. The number of nitrogens with one attached hydrogen (secondary N) is 3. The summed E-state index contributed by atoms with van der Waals surface area (Å²) in [6.45, 7) is 9.83. The van der Waals surface area contributed by atoms with Crippen LogP contribution in [0.1, 0.15) is 71.3 Å². The molecule has 1 aromatic carbocycles. The van der Waals surface area contributed by atoms with Gasteiger partial charge in [-0.3, -0.25) is 14.4 Å². The number of hydrogen-bond donors (Lipinski definition) is 5. The lowest BCUT2D eigenvalue weighted by Gasteiger charge is -2.26. The van der Waals surface area contributed by atoms with Gasteiger partial charge in [0.25, 0.3) is 0 Å². The fourth-order valence-corrected chi connectivity index (χ4v) is 4.54. The first kappa shape index (κ1) is 36.7. The van der Waals surface area contributed by atoms with E-state index in [-0.39, 0.29) is 48.7 Å². The van der Waals surface area contributed by atoms with Gasteiger partial charge in [-0.2, -0.15) is 0 Å². The number of unbranched alkanes of at least 4 members (excludes halogenated alkanes) is 1. The van der Waals surface area contributed by atoms with Crippen LogP contribution in [0.2, 0.25) is 0 Å². The van der Waals surface area contributed by atoms with Crippen LogP contribution in [0.15, 0.2) is 36.3 Å². The second kappa shape index (κ2) is 19.8. The third-order valence-electron chi connectivity index (χ3n) is 6.72. The van der Waals surface area contributed by atoms with Gasteiger partial charge in [0.05, 0.1) is 6.04 Å². The predicted molar refractivity (Wildman–Crippen MR) is 167 cm³/mol. The van der Waals surface area contributed by atoms with E-state index < -0.39 is 23.9 Å². The highest BCUT2D eigenvalue weighted by Crippen LogP contribution is 2.21. The number of amides is 4.